The minimum absolute atomic E-state index is 0.104. The molecule has 1 aromatic carbocycles. The van der Waals surface area contributed by atoms with Gasteiger partial charge in [0.1, 0.15) is 5.56 Å². The minimum Gasteiger partial charge on any atom is -0.493 e. The molecule has 0 unspecified atom stereocenters. The molecule has 0 bridgehead atoms. The van der Waals surface area contributed by atoms with Gasteiger partial charge in [0.2, 0.25) is 0 Å². The van der Waals surface area contributed by atoms with Gasteiger partial charge in [0, 0.05) is 18.7 Å². The van der Waals surface area contributed by atoms with Crippen LogP contribution in [-0.4, -0.2) is 37.6 Å². The van der Waals surface area contributed by atoms with Crippen molar-refractivity contribution in [2.45, 2.75) is 13.0 Å². The van der Waals surface area contributed by atoms with Gasteiger partial charge >= 0.3 is 0 Å². The Hall–Kier alpha value is -2.35. The van der Waals surface area contributed by atoms with E-state index in [2.05, 4.69) is 5.32 Å². The number of benzene rings is 1. The molecule has 1 atom stereocenters. The van der Waals surface area contributed by atoms with Crippen LogP contribution >= 0.6 is 0 Å². The van der Waals surface area contributed by atoms with Gasteiger partial charge in [0.15, 0.2) is 11.5 Å². The number of rotatable bonds is 6. The molecule has 1 amide bonds. The molecule has 0 fully saturated rings. The van der Waals surface area contributed by atoms with Crippen molar-refractivity contribution in [3.63, 3.8) is 0 Å². The van der Waals surface area contributed by atoms with Crippen LogP contribution in [-0.2, 0) is 0 Å². The van der Waals surface area contributed by atoms with E-state index in [1.165, 1.54) is 20.3 Å². The van der Waals surface area contributed by atoms with Crippen molar-refractivity contribution in [1.29, 1.82) is 0 Å². The van der Waals surface area contributed by atoms with Gasteiger partial charge in [-0.1, -0.05) is 0 Å². The van der Waals surface area contributed by atoms with Gasteiger partial charge in [0.25, 0.3) is 11.6 Å². The Kier molecular flexibility index (Phi) is 5.27. The number of nitrogens with two attached hydrogens (primary N) is 1. The Morgan fingerprint density at radius 1 is 1.40 bits per heavy atom. The maximum Gasteiger partial charge on any atom is 0.286 e. The van der Waals surface area contributed by atoms with Gasteiger partial charge in [-0.05, 0) is 6.92 Å². The van der Waals surface area contributed by atoms with E-state index >= 15 is 0 Å². The zero-order valence-corrected chi connectivity index (χ0v) is 11.5. The van der Waals surface area contributed by atoms with Crippen molar-refractivity contribution >= 4 is 11.6 Å². The van der Waals surface area contributed by atoms with Crippen LogP contribution < -0.4 is 20.5 Å². The maximum absolute atomic E-state index is 12.0. The largest absolute Gasteiger partial charge is 0.493 e. The molecule has 110 valence electrons. The third-order valence-corrected chi connectivity index (χ3v) is 2.67. The second-order valence-corrected chi connectivity index (χ2v) is 4.09. The highest BCUT2D eigenvalue weighted by atomic mass is 16.6. The SMILES string of the molecule is COc1cc(C(=O)N[C@H](C)CN)c([N+](=O)[O-])cc1OC. The minimum atomic E-state index is -0.649. The van der Waals surface area contributed by atoms with Gasteiger partial charge in [-0.25, -0.2) is 0 Å². The number of methoxy groups -OCH3 is 2. The summed E-state index contributed by atoms with van der Waals surface area (Å²) in [6.45, 7) is 1.93. The van der Waals surface area contributed by atoms with Crippen LogP contribution in [0.15, 0.2) is 12.1 Å². The average Bonchev–Trinajstić information content (AvgIpc) is 2.45. The number of nitro groups is 1. The quantitative estimate of drug-likeness (QED) is 0.586. The zero-order valence-electron chi connectivity index (χ0n) is 11.5. The molecular weight excluding hydrogens is 266 g/mol. The zero-order chi connectivity index (χ0) is 15.3. The number of nitro benzene ring substituents is 1. The fourth-order valence-electron chi connectivity index (χ4n) is 1.56. The van der Waals surface area contributed by atoms with E-state index in [0.717, 1.165) is 6.07 Å². The molecule has 20 heavy (non-hydrogen) atoms. The molecule has 0 aliphatic heterocycles. The van der Waals surface area contributed by atoms with Crippen LogP contribution in [0.3, 0.4) is 0 Å². The van der Waals surface area contributed by atoms with E-state index in [1.54, 1.807) is 6.92 Å². The molecule has 3 N–H and O–H groups in total. The molecule has 0 saturated heterocycles. The van der Waals surface area contributed by atoms with Crippen LogP contribution in [0.1, 0.15) is 17.3 Å². The normalized spacial score (nSPS) is 11.6. The lowest BCUT2D eigenvalue weighted by molar-refractivity contribution is -0.385. The Labute approximate surface area is 116 Å². The van der Waals surface area contributed by atoms with E-state index in [4.69, 9.17) is 15.2 Å². The highest BCUT2D eigenvalue weighted by Crippen LogP contribution is 2.34. The summed E-state index contributed by atoms with van der Waals surface area (Å²) in [5.74, 6) is -0.165. The fourth-order valence-corrected chi connectivity index (χ4v) is 1.56. The van der Waals surface area contributed by atoms with E-state index < -0.39 is 10.8 Å². The van der Waals surface area contributed by atoms with Crippen molar-refractivity contribution < 1.29 is 19.2 Å². The Morgan fingerprint density at radius 2 is 1.95 bits per heavy atom. The Morgan fingerprint density at radius 3 is 2.40 bits per heavy atom. The molecule has 1 aromatic rings. The first-order valence-corrected chi connectivity index (χ1v) is 5.85. The summed E-state index contributed by atoms with van der Waals surface area (Å²) in [7, 11) is 2.74. The van der Waals surface area contributed by atoms with Crippen molar-refractivity contribution in [3.05, 3.63) is 27.8 Å². The van der Waals surface area contributed by atoms with Crippen molar-refractivity contribution in [2.24, 2.45) is 5.73 Å². The topological polar surface area (TPSA) is 117 Å². The van der Waals surface area contributed by atoms with Gasteiger partial charge < -0.3 is 20.5 Å². The molecule has 0 radical (unpaired) electrons. The molecule has 0 aliphatic carbocycles. The van der Waals surface area contributed by atoms with Gasteiger partial charge in [-0.3, -0.25) is 14.9 Å². The first kappa shape index (κ1) is 15.7. The van der Waals surface area contributed by atoms with E-state index in [0.29, 0.717) is 0 Å². The van der Waals surface area contributed by atoms with Crippen molar-refractivity contribution in [3.8, 4) is 11.5 Å². The number of nitrogens with zero attached hydrogens (tertiary/aromatic N) is 1. The third-order valence-electron chi connectivity index (χ3n) is 2.67. The van der Waals surface area contributed by atoms with E-state index in [-0.39, 0.29) is 35.3 Å². The molecule has 0 aromatic heterocycles. The standard InChI is InChI=1S/C12H17N3O5/c1-7(6-13)14-12(16)8-4-10(19-2)11(20-3)5-9(8)15(17)18/h4-5,7H,6,13H2,1-3H3,(H,14,16)/t7-/m1/s1. The van der Waals surface area contributed by atoms with Gasteiger partial charge in [0.05, 0.1) is 25.2 Å². The molecule has 0 heterocycles. The molecule has 0 aliphatic rings. The Balaban J connectivity index is 3.28. The monoisotopic (exact) mass is 283 g/mol. The summed E-state index contributed by atoms with van der Waals surface area (Å²) in [6.07, 6.45) is 0. The van der Waals surface area contributed by atoms with Crippen molar-refractivity contribution in [2.75, 3.05) is 20.8 Å². The van der Waals surface area contributed by atoms with Crippen molar-refractivity contribution in [1.82, 2.24) is 5.32 Å². The van der Waals surface area contributed by atoms with Crippen LogP contribution in [0, 0.1) is 10.1 Å². The van der Waals surface area contributed by atoms with Gasteiger partial charge in [-0.2, -0.15) is 0 Å². The molecule has 1 rings (SSSR count). The smallest absolute Gasteiger partial charge is 0.286 e. The number of hydrogen-bond donors (Lipinski definition) is 2. The predicted molar refractivity (Wildman–Crippen MR) is 72.2 cm³/mol. The molecule has 8 nitrogen and oxygen atoms in total. The van der Waals surface area contributed by atoms with Crippen LogP contribution in [0.4, 0.5) is 5.69 Å². The summed E-state index contributed by atoms with van der Waals surface area (Å²) in [5.41, 5.74) is 4.94. The molecule has 0 saturated carbocycles. The lowest BCUT2D eigenvalue weighted by Gasteiger charge is -2.13. The van der Waals surface area contributed by atoms with E-state index in [9.17, 15) is 14.9 Å². The first-order valence-electron chi connectivity index (χ1n) is 5.85. The Bertz CT molecular complexity index is 518. The summed E-state index contributed by atoms with van der Waals surface area (Å²) in [4.78, 5) is 22.4. The highest BCUT2D eigenvalue weighted by Gasteiger charge is 2.25. The summed E-state index contributed by atoms with van der Waals surface area (Å²) in [5, 5.41) is 13.6. The van der Waals surface area contributed by atoms with Crippen LogP contribution in [0.25, 0.3) is 0 Å². The number of nitrogens with one attached hydrogen (secondary N) is 1. The number of carbonyl (C=O) groups excluding carboxylic acids is 1. The third kappa shape index (κ3) is 3.35. The predicted octanol–water partition coefficient (Wildman–Crippen LogP) is 0.689. The number of ether oxygens (including phenoxy) is 2. The summed E-state index contributed by atoms with van der Waals surface area (Å²) in [6, 6.07) is 2.13. The summed E-state index contributed by atoms with van der Waals surface area (Å²) < 4.78 is 10.0. The number of hydrogen-bond acceptors (Lipinski definition) is 6. The number of carbonyl (C=O) groups is 1. The number of amides is 1. The summed E-state index contributed by atoms with van der Waals surface area (Å²) >= 11 is 0. The van der Waals surface area contributed by atoms with Crippen LogP contribution in [0.5, 0.6) is 11.5 Å². The fraction of sp³-hybridized carbons (Fsp3) is 0.417. The molecular formula is C12H17N3O5. The lowest BCUT2D eigenvalue weighted by atomic mass is 10.1. The van der Waals surface area contributed by atoms with Crippen LogP contribution in [0.2, 0.25) is 0 Å². The first-order chi connectivity index (χ1) is 9.44. The van der Waals surface area contributed by atoms with Gasteiger partial charge in [-0.15, -0.1) is 0 Å². The lowest BCUT2D eigenvalue weighted by Crippen LogP contribution is -2.38. The van der Waals surface area contributed by atoms with E-state index in [1.807, 2.05) is 0 Å². The maximum atomic E-state index is 12.0. The highest BCUT2D eigenvalue weighted by molar-refractivity contribution is 5.99. The molecule has 8 heteroatoms. The average molecular weight is 283 g/mol. The second-order valence-electron chi connectivity index (χ2n) is 4.09. The molecule has 0 spiro atoms. The second kappa shape index (κ2) is 6.71.